The highest BCUT2D eigenvalue weighted by Crippen LogP contribution is 2.40. The van der Waals surface area contributed by atoms with Gasteiger partial charge in [0.2, 0.25) is 10.0 Å². The average molecular weight is 511 g/mol. The third kappa shape index (κ3) is 4.88. The Morgan fingerprint density at radius 2 is 2.03 bits per heavy atom. The standard InChI is InChI=1S/C23H27FN2O6S2/c1-3-32-23(28)20-16-6-4-14(2)12-19(16)33-22(20)25-21(27)17-13-15(5-7-18(17)24)34(29,30)26-8-10-31-11-9-26/h5,7,13-14H,3-4,6,8-12H2,1-2H3,(H,25,27). The molecule has 1 aromatic carbocycles. The molecule has 11 heteroatoms. The second-order valence-corrected chi connectivity index (χ2v) is 11.4. The highest BCUT2D eigenvalue weighted by Gasteiger charge is 2.31. The maximum absolute atomic E-state index is 14.6. The van der Waals surface area contributed by atoms with Crippen molar-refractivity contribution in [2.24, 2.45) is 5.92 Å². The molecule has 2 aromatic rings. The van der Waals surface area contributed by atoms with Gasteiger partial charge in [-0.3, -0.25) is 4.79 Å². The zero-order valence-electron chi connectivity index (χ0n) is 19.1. The van der Waals surface area contributed by atoms with Crippen LogP contribution in [-0.4, -0.2) is 57.5 Å². The Hall–Kier alpha value is -2.34. The molecule has 1 fully saturated rings. The number of nitrogens with one attached hydrogen (secondary N) is 1. The first-order valence-corrected chi connectivity index (χ1v) is 13.5. The molecule has 1 atom stereocenters. The number of fused-ring (bicyclic) bond motifs is 1. The molecule has 1 aliphatic carbocycles. The Balaban J connectivity index is 1.66. The molecule has 1 amide bonds. The molecule has 4 rings (SSSR count). The number of thiophene rings is 1. The van der Waals surface area contributed by atoms with Crippen LogP contribution in [0.15, 0.2) is 23.1 Å². The Bertz CT molecular complexity index is 1200. The summed E-state index contributed by atoms with van der Waals surface area (Å²) in [7, 11) is -3.91. The summed E-state index contributed by atoms with van der Waals surface area (Å²) >= 11 is 1.29. The highest BCUT2D eigenvalue weighted by molar-refractivity contribution is 7.89. The number of morpholine rings is 1. The number of carbonyl (C=O) groups is 2. The summed E-state index contributed by atoms with van der Waals surface area (Å²) in [5.74, 6) is -1.77. The van der Waals surface area contributed by atoms with Crippen LogP contribution in [-0.2, 0) is 32.3 Å². The first kappa shape index (κ1) is 24.8. The van der Waals surface area contributed by atoms with E-state index in [1.54, 1.807) is 6.92 Å². The van der Waals surface area contributed by atoms with Crippen molar-refractivity contribution in [3.8, 4) is 0 Å². The van der Waals surface area contributed by atoms with Crippen molar-refractivity contribution in [2.45, 2.75) is 38.0 Å². The van der Waals surface area contributed by atoms with E-state index in [2.05, 4.69) is 12.2 Å². The minimum absolute atomic E-state index is 0.175. The van der Waals surface area contributed by atoms with Gasteiger partial charge in [-0.05, 0) is 55.9 Å². The van der Waals surface area contributed by atoms with Gasteiger partial charge in [0, 0.05) is 18.0 Å². The number of hydrogen-bond donors (Lipinski definition) is 1. The van der Waals surface area contributed by atoms with Crippen molar-refractivity contribution in [3.63, 3.8) is 0 Å². The molecule has 0 radical (unpaired) electrons. The molecule has 0 saturated carbocycles. The van der Waals surface area contributed by atoms with Crippen LogP contribution in [0.5, 0.6) is 0 Å². The molecule has 2 heterocycles. The molecule has 0 bridgehead atoms. The quantitative estimate of drug-likeness (QED) is 0.597. The van der Waals surface area contributed by atoms with Gasteiger partial charge in [-0.2, -0.15) is 4.31 Å². The van der Waals surface area contributed by atoms with E-state index in [1.165, 1.54) is 15.6 Å². The van der Waals surface area contributed by atoms with Crippen molar-refractivity contribution >= 4 is 38.2 Å². The molecular weight excluding hydrogens is 483 g/mol. The molecular formula is C23H27FN2O6S2. The molecule has 1 saturated heterocycles. The molecule has 1 unspecified atom stereocenters. The van der Waals surface area contributed by atoms with Gasteiger partial charge in [0.15, 0.2) is 0 Å². The van der Waals surface area contributed by atoms with E-state index >= 15 is 0 Å². The molecule has 2 aliphatic rings. The molecule has 1 N–H and O–H groups in total. The van der Waals surface area contributed by atoms with Crippen molar-refractivity contribution in [1.29, 1.82) is 0 Å². The van der Waals surface area contributed by atoms with Crippen molar-refractivity contribution < 1.29 is 31.9 Å². The first-order chi connectivity index (χ1) is 16.2. The first-order valence-electron chi connectivity index (χ1n) is 11.2. The zero-order chi connectivity index (χ0) is 24.5. The summed E-state index contributed by atoms with van der Waals surface area (Å²) in [6.45, 7) is 4.92. The summed E-state index contributed by atoms with van der Waals surface area (Å²) in [6.07, 6.45) is 2.39. The number of rotatable bonds is 6. The monoisotopic (exact) mass is 510 g/mol. The van der Waals surface area contributed by atoms with E-state index in [9.17, 15) is 22.4 Å². The fourth-order valence-corrected chi connectivity index (χ4v) is 7.03. The van der Waals surface area contributed by atoms with Crippen LogP contribution < -0.4 is 5.32 Å². The van der Waals surface area contributed by atoms with Crippen LogP contribution in [0.3, 0.4) is 0 Å². The predicted octanol–water partition coefficient (Wildman–Crippen LogP) is 3.46. The lowest BCUT2D eigenvalue weighted by atomic mass is 9.88. The lowest BCUT2D eigenvalue weighted by molar-refractivity contribution is 0.0526. The van der Waals surface area contributed by atoms with Crippen molar-refractivity contribution in [2.75, 3.05) is 38.2 Å². The van der Waals surface area contributed by atoms with Crippen LogP contribution >= 0.6 is 11.3 Å². The summed E-state index contributed by atoms with van der Waals surface area (Å²) in [4.78, 5) is 26.6. The number of esters is 1. The van der Waals surface area contributed by atoms with Crippen molar-refractivity contribution in [3.05, 3.63) is 45.6 Å². The van der Waals surface area contributed by atoms with E-state index in [-0.39, 0.29) is 37.8 Å². The van der Waals surface area contributed by atoms with Crippen molar-refractivity contribution in [1.82, 2.24) is 4.31 Å². The van der Waals surface area contributed by atoms with Gasteiger partial charge in [-0.1, -0.05) is 6.92 Å². The SMILES string of the molecule is CCOC(=O)c1c(NC(=O)c2cc(S(=O)(=O)N3CCOCC3)ccc2F)sc2c1CCC(C)C2. The summed E-state index contributed by atoms with van der Waals surface area (Å²) in [5, 5.41) is 2.94. The van der Waals surface area contributed by atoms with Gasteiger partial charge in [0.05, 0.1) is 35.8 Å². The van der Waals surface area contributed by atoms with Gasteiger partial charge in [0.25, 0.3) is 5.91 Å². The minimum Gasteiger partial charge on any atom is -0.462 e. The Labute approximate surface area is 202 Å². The number of hydrogen-bond acceptors (Lipinski definition) is 7. The molecule has 184 valence electrons. The van der Waals surface area contributed by atoms with Gasteiger partial charge < -0.3 is 14.8 Å². The lowest BCUT2D eigenvalue weighted by Gasteiger charge is -2.26. The number of benzene rings is 1. The third-order valence-electron chi connectivity index (χ3n) is 6.01. The number of anilines is 1. The van der Waals surface area contributed by atoms with Gasteiger partial charge in [0.1, 0.15) is 10.8 Å². The maximum atomic E-state index is 14.6. The largest absolute Gasteiger partial charge is 0.462 e. The number of ether oxygens (including phenoxy) is 2. The van der Waals surface area contributed by atoms with Crippen LogP contribution in [0.1, 0.15) is 51.4 Å². The molecule has 34 heavy (non-hydrogen) atoms. The third-order valence-corrected chi connectivity index (χ3v) is 9.07. The van der Waals surface area contributed by atoms with Gasteiger partial charge >= 0.3 is 5.97 Å². The molecule has 1 aliphatic heterocycles. The van der Waals surface area contributed by atoms with Crippen LogP contribution in [0.2, 0.25) is 0 Å². The highest BCUT2D eigenvalue weighted by atomic mass is 32.2. The Morgan fingerprint density at radius 1 is 1.29 bits per heavy atom. The fraction of sp³-hybridized carbons (Fsp3) is 0.478. The topological polar surface area (TPSA) is 102 Å². The second kappa shape index (κ2) is 10.1. The average Bonchev–Trinajstić information content (AvgIpc) is 3.16. The minimum atomic E-state index is -3.91. The number of amides is 1. The van der Waals surface area contributed by atoms with Crippen LogP contribution in [0.25, 0.3) is 0 Å². The number of sulfonamides is 1. The van der Waals surface area contributed by atoms with E-state index in [0.29, 0.717) is 22.9 Å². The van der Waals surface area contributed by atoms with E-state index in [1.807, 2.05) is 0 Å². The van der Waals surface area contributed by atoms with Crippen LogP contribution in [0.4, 0.5) is 9.39 Å². The smallest absolute Gasteiger partial charge is 0.341 e. The lowest BCUT2D eigenvalue weighted by Crippen LogP contribution is -2.40. The molecule has 8 nitrogen and oxygen atoms in total. The summed E-state index contributed by atoms with van der Waals surface area (Å²) in [5.41, 5.74) is 0.754. The number of halogens is 1. The summed E-state index contributed by atoms with van der Waals surface area (Å²) in [6, 6.07) is 3.15. The number of carbonyl (C=O) groups excluding carboxylic acids is 2. The van der Waals surface area contributed by atoms with E-state index in [4.69, 9.17) is 9.47 Å². The Kier molecular flexibility index (Phi) is 7.36. The molecule has 0 spiro atoms. The number of nitrogens with zero attached hydrogens (tertiary/aromatic N) is 1. The van der Waals surface area contributed by atoms with E-state index in [0.717, 1.165) is 41.5 Å². The zero-order valence-corrected chi connectivity index (χ0v) is 20.7. The van der Waals surface area contributed by atoms with Gasteiger partial charge in [-0.25, -0.2) is 17.6 Å². The van der Waals surface area contributed by atoms with Crippen LogP contribution in [0, 0.1) is 11.7 Å². The predicted molar refractivity (Wildman–Crippen MR) is 125 cm³/mol. The second-order valence-electron chi connectivity index (χ2n) is 8.39. The van der Waals surface area contributed by atoms with Gasteiger partial charge in [-0.15, -0.1) is 11.3 Å². The normalized spacial score (nSPS) is 18.9. The Morgan fingerprint density at radius 3 is 2.74 bits per heavy atom. The fourth-order valence-electron chi connectivity index (χ4n) is 4.20. The summed E-state index contributed by atoms with van der Waals surface area (Å²) < 4.78 is 52.2. The van der Waals surface area contributed by atoms with E-state index < -0.39 is 33.3 Å². The molecule has 1 aromatic heterocycles. The maximum Gasteiger partial charge on any atom is 0.341 e.